The predicted octanol–water partition coefficient (Wildman–Crippen LogP) is 2.78. The highest BCUT2D eigenvalue weighted by Crippen LogP contribution is 2.22. The Kier molecular flexibility index (Phi) is 3.99. The summed E-state index contributed by atoms with van der Waals surface area (Å²) < 4.78 is 6.63. The molecule has 4 heteroatoms. The van der Waals surface area contributed by atoms with E-state index in [1.807, 2.05) is 0 Å². The molecule has 1 saturated heterocycles. The fraction of sp³-hybridized carbons (Fsp3) is 0.600. The molecule has 14 heavy (non-hydrogen) atoms. The van der Waals surface area contributed by atoms with Gasteiger partial charge in [0.1, 0.15) is 0 Å². The highest BCUT2D eigenvalue weighted by Gasteiger charge is 2.13. The van der Waals surface area contributed by atoms with E-state index in [9.17, 15) is 0 Å². The van der Waals surface area contributed by atoms with Crippen LogP contribution < -0.4 is 5.32 Å². The topological polar surface area (TPSA) is 21.3 Å². The quantitative estimate of drug-likeness (QED) is 0.916. The van der Waals surface area contributed by atoms with E-state index in [2.05, 4.69) is 32.7 Å². The number of halogens is 1. The van der Waals surface area contributed by atoms with Crippen LogP contribution in [0.1, 0.15) is 17.7 Å². The Balaban J connectivity index is 1.79. The van der Waals surface area contributed by atoms with Gasteiger partial charge in [-0.2, -0.15) is 0 Å². The number of ether oxygens (including phenoxy) is 1. The van der Waals surface area contributed by atoms with E-state index in [0.717, 1.165) is 19.8 Å². The molecule has 0 bridgehead atoms. The highest BCUT2D eigenvalue weighted by molar-refractivity contribution is 9.10. The molecule has 0 aliphatic carbocycles. The van der Waals surface area contributed by atoms with E-state index in [0.29, 0.717) is 6.04 Å². The molecule has 0 radical (unpaired) electrons. The van der Waals surface area contributed by atoms with Crippen LogP contribution >= 0.6 is 27.3 Å². The van der Waals surface area contributed by atoms with Crippen LogP contribution in [0.3, 0.4) is 0 Å². The second kappa shape index (κ2) is 5.26. The zero-order chi connectivity index (χ0) is 9.80. The predicted molar refractivity (Wildman–Crippen MR) is 62.7 cm³/mol. The monoisotopic (exact) mass is 275 g/mol. The van der Waals surface area contributed by atoms with Gasteiger partial charge in [-0.05, 0) is 40.2 Å². The number of nitrogens with one attached hydrogen (secondary N) is 1. The van der Waals surface area contributed by atoms with Gasteiger partial charge in [0.2, 0.25) is 0 Å². The summed E-state index contributed by atoms with van der Waals surface area (Å²) in [7, 11) is 0. The van der Waals surface area contributed by atoms with Crippen molar-refractivity contribution in [3.63, 3.8) is 0 Å². The SMILES string of the molecule is Brc1ccsc1CN[C@H]1CCCOC1. The number of hydrogen-bond donors (Lipinski definition) is 1. The van der Waals surface area contributed by atoms with Crippen LogP contribution in [0.15, 0.2) is 15.9 Å². The molecule has 1 aromatic heterocycles. The first kappa shape index (κ1) is 10.6. The van der Waals surface area contributed by atoms with Crippen LogP contribution in [0, 0.1) is 0 Å². The fourth-order valence-electron chi connectivity index (χ4n) is 1.59. The summed E-state index contributed by atoms with van der Waals surface area (Å²) in [6.07, 6.45) is 2.42. The van der Waals surface area contributed by atoms with E-state index < -0.39 is 0 Å². The zero-order valence-corrected chi connectivity index (χ0v) is 10.4. The van der Waals surface area contributed by atoms with Gasteiger partial charge in [-0.1, -0.05) is 0 Å². The molecule has 2 rings (SSSR count). The first-order chi connectivity index (χ1) is 6.86. The second-order valence-electron chi connectivity index (χ2n) is 3.49. The van der Waals surface area contributed by atoms with Crippen molar-refractivity contribution in [2.45, 2.75) is 25.4 Å². The van der Waals surface area contributed by atoms with E-state index in [1.165, 1.54) is 22.2 Å². The van der Waals surface area contributed by atoms with E-state index in [-0.39, 0.29) is 0 Å². The van der Waals surface area contributed by atoms with Crippen molar-refractivity contribution in [1.29, 1.82) is 0 Å². The van der Waals surface area contributed by atoms with Crippen LogP contribution in [0.5, 0.6) is 0 Å². The van der Waals surface area contributed by atoms with Crippen LogP contribution in [0.25, 0.3) is 0 Å². The van der Waals surface area contributed by atoms with Crippen LogP contribution in [-0.2, 0) is 11.3 Å². The largest absolute Gasteiger partial charge is 0.380 e. The highest BCUT2D eigenvalue weighted by atomic mass is 79.9. The van der Waals surface area contributed by atoms with Crippen LogP contribution in [-0.4, -0.2) is 19.3 Å². The van der Waals surface area contributed by atoms with E-state index in [4.69, 9.17) is 4.74 Å². The molecule has 1 aromatic rings. The number of thiophene rings is 1. The van der Waals surface area contributed by atoms with Crippen molar-refractivity contribution < 1.29 is 4.74 Å². The van der Waals surface area contributed by atoms with Gasteiger partial charge in [0.25, 0.3) is 0 Å². The number of hydrogen-bond acceptors (Lipinski definition) is 3. The molecular weight excluding hydrogens is 262 g/mol. The van der Waals surface area contributed by atoms with Crippen LogP contribution in [0.4, 0.5) is 0 Å². The molecule has 2 nitrogen and oxygen atoms in total. The maximum Gasteiger partial charge on any atom is 0.0619 e. The first-order valence-electron chi connectivity index (χ1n) is 4.89. The van der Waals surface area contributed by atoms with Crippen LogP contribution in [0.2, 0.25) is 0 Å². The van der Waals surface area contributed by atoms with Gasteiger partial charge in [0.15, 0.2) is 0 Å². The third kappa shape index (κ3) is 2.79. The van der Waals surface area contributed by atoms with Gasteiger partial charge in [-0.15, -0.1) is 11.3 Å². The smallest absolute Gasteiger partial charge is 0.0619 e. The summed E-state index contributed by atoms with van der Waals surface area (Å²) in [6.45, 7) is 2.75. The van der Waals surface area contributed by atoms with Crippen molar-refractivity contribution in [3.05, 3.63) is 20.8 Å². The minimum Gasteiger partial charge on any atom is -0.380 e. The lowest BCUT2D eigenvalue weighted by Gasteiger charge is -2.22. The molecule has 0 aromatic carbocycles. The minimum atomic E-state index is 0.540. The maximum absolute atomic E-state index is 5.41. The molecule has 0 amide bonds. The molecule has 78 valence electrons. The third-order valence-electron chi connectivity index (χ3n) is 2.40. The number of rotatable bonds is 3. The standard InChI is InChI=1S/C10H14BrNOS/c11-9-3-5-14-10(9)6-12-8-2-1-4-13-7-8/h3,5,8,12H,1-2,4,6-7H2/t8-/m0/s1. The zero-order valence-electron chi connectivity index (χ0n) is 7.96. The Morgan fingerprint density at radius 3 is 3.21 bits per heavy atom. The lowest BCUT2D eigenvalue weighted by molar-refractivity contribution is 0.0700. The third-order valence-corrected chi connectivity index (χ3v) is 4.33. The summed E-state index contributed by atoms with van der Waals surface area (Å²) in [5.41, 5.74) is 0. The lowest BCUT2D eigenvalue weighted by Crippen LogP contribution is -2.36. The molecule has 0 spiro atoms. The van der Waals surface area contributed by atoms with Gasteiger partial charge < -0.3 is 10.1 Å². The summed E-state index contributed by atoms with van der Waals surface area (Å²) in [5, 5.41) is 5.63. The van der Waals surface area contributed by atoms with Gasteiger partial charge in [-0.25, -0.2) is 0 Å². The van der Waals surface area contributed by atoms with E-state index in [1.54, 1.807) is 11.3 Å². The average Bonchev–Trinajstić information content (AvgIpc) is 2.63. The summed E-state index contributed by atoms with van der Waals surface area (Å²) in [6, 6.07) is 2.64. The summed E-state index contributed by atoms with van der Waals surface area (Å²) in [4.78, 5) is 1.37. The van der Waals surface area contributed by atoms with Gasteiger partial charge in [-0.3, -0.25) is 0 Å². The summed E-state index contributed by atoms with van der Waals surface area (Å²) in [5.74, 6) is 0. The normalized spacial score (nSPS) is 22.5. The molecular formula is C10H14BrNOS. The van der Waals surface area contributed by atoms with Gasteiger partial charge in [0, 0.05) is 28.5 Å². The van der Waals surface area contributed by atoms with Gasteiger partial charge >= 0.3 is 0 Å². The van der Waals surface area contributed by atoms with Crippen molar-refractivity contribution >= 4 is 27.3 Å². The Morgan fingerprint density at radius 2 is 2.57 bits per heavy atom. The molecule has 1 aliphatic rings. The van der Waals surface area contributed by atoms with Crippen molar-refractivity contribution in [2.75, 3.05) is 13.2 Å². The summed E-state index contributed by atoms with van der Waals surface area (Å²) >= 11 is 5.32. The molecule has 0 unspecified atom stereocenters. The Hall–Kier alpha value is 0.1000. The molecule has 1 atom stereocenters. The molecule has 2 heterocycles. The van der Waals surface area contributed by atoms with Crippen molar-refractivity contribution in [1.82, 2.24) is 5.32 Å². The maximum atomic E-state index is 5.41. The fourth-order valence-corrected chi connectivity index (χ4v) is 3.03. The molecule has 1 aliphatic heterocycles. The Morgan fingerprint density at radius 1 is 1.64 bits per heavy atom. The average molecular weight is 276 g/mol. The van der Waals surface area contributed by atoms with Gasteiger partial charge in [0.05, 0.1) is 6.61 Å². The Labute approximate surface area is 96.8 Å². The molecule has 1 N–H and O–H groups in total. The minimum absolute atomic E-state index is 0.540. The lowest BCUT2D eigenvalue weighted by atomic mass is 10.1. The second-order valence-corrected chi connectivity index (χ2v) is 5.34. The first-order valence-corrected chi connectivity index (χ1v) is 6.56. The van der Waals surface area contributed by atoms with E-state index >= 15 is 0 Å². The van der Waals surface area contributed by atoms with Crippen molar-refractivity contribution in [3.8, 4) is 0 Å². The van der Waals surface area contributed by atoms with Crippen molar-refractivity contribution in [2.24, 2.45) is 0 Å². The molecule has 0 saturated carbocycles. The Bertz CT molecular complexity index is 283. The molecule has 1 fully saturated rings.